The first-order valence-corrected chi connectivity index (χ1v) is 10.9. The van der Waals surface area contributed by atoms with Gasteiger partial charge in [-0.2, -0.15) is 0 Å². The number of aliphatic hydroxyl groups excluding tert-OH is 1. The van der Waals surface area contributed by atoms with Crippen LogP contribution in [0.25, 0.3) is 5.76 Å². The number of Topliss-reactive ketones (excluding diaryl/α,β-unsaturated/α-hetero) is 1. The molecule has 1 fully saturated rings. The molecule has 0 radical (unpaired) electrons. The number of methoxy groups -OCH3 is 1. The van der Waals surface area contributed by atoms with Gasteiger partial charge in [0.05, 0.1) is 18.7 Å². The smallest absolute Gasteiger partial charge is 0.295 e. The number of halogens is 1. The predicted octanol–water partition coefficient (Wildman–Crippen LogP) is 4.70. The molecule has 7 nitrogen and oxygen atoms in total. The zero-order valence-electron chi connectivity index (χ0n) is 18.2. The van der Waals surface area contributed by atoms with Crippen molar-refractivity contribution < 1.29 is 28.9 Å². The van der Waals surface area contributed by atoms with Gasteiger partial charge < -0.3 is 24.2 Å². The monoisotopic (exact) mass is 477 g/mol. The van der Waals surface area contributed by atoms with Gasteiger partial charge in [0, 0.05) is 17.1 Å². The minimum absolute atomic E-state index is 0.00122. The number of rotatable bonds is 5. The van der Waals surface area contributed by atoms with E-state index in [1.165, 1.54) is 12.0 Å². The van der Waals surface area contributed by atoms with E-state index >= 15 is 0 Å². The summed E-state index contributed by atoms with van der Waals surface area (Å²) in [5.74, 6) is 0.0294. The summed E-state index contributed by atoms with van der Waals surface area (Å²) in [7, 11) is 1.54. The number of likely N-dealkylation sites (tertiary alicyclic amines) is 1. The van der Waals surface area contributed by atoms with Crippen LogP contribution in [0, 0.1) is 0 Å². The lowest BCUT2D eigenvalue weighted by Crippen LogP contribution is -2.29. The van der Waals surface area contributed by atoms with Gasteiger partial charge in [-0.1, -0.05) is 29.8 Å². The van der Waals surface area contributed by atoms with Crippen LogP contribution in [0.15, 0.2) is 72.3 Å². The van der Waals surface area contributed by atoms with Crippen LogP contribution in [0.1, 0.15) is 22.7 Å². The highest BCUT2D eigenvalue weighted by atomic mass is 35.5. The number of amides is 1. The van der Waals surface area contributed by atoms with Crippen molar-refractivity contribution in [1.29, 1.82) is 0 Å². The fourth-order valence-electron chi connectivity index (χ4n) is 4.20. The Morgan fingerprint density at radius 3 is 2.59 bits per heavy atom. The number of fused-ring (bicyclic) bond motifs is 1. The molecule has 0 saturated carbocycles. The van der Waals surface area contributed by atoms with Gasteiger partial charge in [0.1, 0.15) is 11.5 Å². The van der Waals surface area contributed by atoms with Gasteiger partial charge in [-0.25, -0.2) is 0 Å². The van der Waals surface area contributed by atoms with Crippen molar-refractivity contribution in [3.05, 3.63) is 94.0 Å². The van der Waals surface area contributed by atoms with E-state index in [-0.39, 0.29) is 24.7 Å². The molecular formula is C26H20ClNO6. The lowest BCUT2D eigenvalue weighted by molar-refractivity contribution is -0.140. The Bertz CT molecular complexity index is 1320. The third kappa shape index (κ3) is 3.84. The first-order chi connectivity index (χ1) is 16.5. The Morgan fingerprint density at radius 1 is 1.06 bits per heavy atom. The molecule has 1 atom stereocenters. The fourth-order valence-corrected chi connectivity index (χ4v) is 4.33. The molecular weight excluding hydrogens is 458 g/mol. The van der Waals surface area contributed by atoms with Crippen LogP contribution in [-0.4, -0.2) is 35.6 Å². The lowest BCUT2D eigenvalue weighted by Gasteiger charge is -2.26. The maximum absolute atomic E-state index is 13.2. The number of benzene rings is 3. The molecule has 1 N–H and O–H groups in total. The number of carbonyl (C=O) groups is 2. The summed E-state index contributed by atoms with van der Waals surface area (Å²) in [5, 5.41) is 11.6. The minimum Gasteiger partial charge on any atom is -0.507 e. The second-order valence-electron chi connectivity index (χ2n) is 7.90. The van der Waals surface area contributed by atoms with Crippen LogP contribution in [0.3, 0.4) is 0 Å². The van der Waals surface area contributed by atoms with Gasteiger partial charge in [0.15, 0.2) is 11.5 Å². The quantitative estimate of drug-likeness (QED) is 0.326. The van der Waals surface area contributed by atoms with Crippen molar-refractivity contribution in [1.82, 2.24) is 4.90 Å². The molecule has 3 aromatic rings. The number of ether oxygens (including phenoxy) is 3. The third-order valence-corrected chi connectivity index (χ3v) is 6.11. The first-order valence-electron chi connectivity index (χ1n) is 10.5. The molecule has 2 aliphatic heterocycles. The standard InChI is InChI=1S/C26H20ClNO6/c1-32-19-4-2-3-17(12-19)23-22(24(29)16-6-8-18(27)9-7-16)25(30)26(31)28(23)13-15-5-10-20-21(11-15)34-14-33-20/h2-12,23,29H,13-14H2,1H3/b24-22+. The van der Waals surface area contributed by atoms with Crippen LogP contribution in [-0.2, 0) is 16.1 Å². The van der Waals surface area contributed by atoms with Crippen molar-refractivity contribution >= 4 is 29.1 Å². The average molecular weight is 478 g/mol. The highest BCUT2D eigenvalue weighted by Gasteiger charge is 2.46. The molecule has 1 saturated heterocycles. The Hall–Kier alpha value is -3.97. The minimum atomic E-state index is -0.823. The van der Waals surface area contributed by atoms with Gasteiger partial charge in [-0.05, 0) is 59.7 Å². The molecule has 5 rings (SSSR count). The van der Waals surface area contributed by atoms with E-state index in [2.05, 4.69) is 0 Å². The summed E-state index contributed by atoms with van der Waals surface area (Å²) in [6.07, 6.45) is 0. The van der Waals surface area contributed by atoms with E-state index < -0.39 is 17.7 Å². The maximum atomic E-state index is 13.2. The molecule has 0 bridgehead atoms. The molecule has 0 spiro atoms. The third-order valence-electron chi connectivity index (χ3n) is 5.86. The Labute approximate surface area is 200 Å². The average Bonchev–Trinajstić information content (AvgIpc) is 3.42. The summed E-state index contributed by atoms with van der Waals surface area (Å²) in [4.78, 5) is 27.8. The summed E-state index contributed by atoms with van der Waals surface area (Å²) in [6, 6.07) is 18.1. The topological polar surface area (TPSA) is 85.3 Å². The van der Waals surface area contributed by atoms with Crippen molar-refractivity contribution in [2.24, 2.45) is 0 Å². The van der Waals surface area contributed by atoms with Gasteiger partial charge >= 0.3 is 0 Å². The van der Waals surface area contributed by atoms with Crippen molar-refractivity contribution in [2.45, 2.75) is 12.6 Å². The van der Waals surface area contributed by atoms with Gasteiger partial charge in [-0.15, -0.1) is 0 Å². The summed E-state index contributed by atoms with van der Waals surface area (Å²) >= 11 is 5.98. The summed E-state index contributed by atoms with van der Waals surface area (Å²) in [5.41, 5.74) is 1.78. The highest BCUT2D eigenvalue weighted by Crippen LogP contribution is 2.42. The number of carbonyl (C=O) groups excluding carboxylic acids is 2. The Morgan fingerprint density at radius 2 is 1.82 bits per heavy atom. The van der Waals surface area contributed by atoms with E-state index in [1.54, 1.807) is 60.7 Å². The van der Waals surface area contributed by atoms with Gasteiger partial charge in [-0.3, -0.25) is 9.59 Å². The lowest BCUT2D eigenvalue weighted by atomic mass is 9.95. The number of hydrogen-bond acceptors (Lipinski definition) is 6. The highest BCUT2D eigenvalue weighted by molar-refractivity contribution is 6.46. The van der Waals surface area contributed by atoms with Crippen LogP contribution in [0.5, 0.6) is 17.2 Å². The van der Waals surface area contributed by atoms with Crippen LogP contribution in [0.2, 0.25) is 5.02 Å². The van der Waals surface area contributed by atoms with Crippen LogP contribution >= 0.6 is 11.6 Å². The molecule has 2 aliphatic rings. The predicted molar refractivity (Wildman–Crippen MR) is 125 cm³/mol. The molecule has 0 aliphatic carbocycles. The van der Waals surface area contributed by atoms with E-state index in [9.17, 15) is 14.7 Å². The van der Waals surface area contributed by atoms with Crippen molar-refractivity contribution in [2.75, 3.05) is 13.9 Å². The Balaban J connectivity index is 1.62. The number of ketones is 1. The normalized spacial score (nSPS) is 18.4. The fraction of sp³-hybridized carbons (Fsp3) is 0.154. The van der Waals surface area contributed by atoms with Crippen LogP contribution < -0.4 is 14.2 Å². The first kappa shape index (κ1) is 21.9. The largest absolute Gasteiger partial charge is 0.507 e. The van der Waals surface area contributed by atoms with E-state index in [0.29, 0.717) is 33.4 Å². The number of aliphatic hydroxyl groups is 1. The summed E-state index contributed by atoms with van der Waals surface area (Å²) in [6.45, 7) is 0.259. The van der Waals surface area contributed by atoms with Gasteiger partial charge in [0.25, 0.3) is 11.7 Å². The zero-order chi connectivity index (χ0) is 23.8. The molecule has 3 aromatic carbocycles. The van der Waals surface area contributed by atoms with E-state index in [0.717, 1.165) is 5.56 Å². The second-order valence-corrected chi connectivity index (χ2v) is 8.33. The molecule has 1 amide bonds. The second kappa shape index (κ2) is 8.76. The molecule has 172 valence electrons. The number of hydrogen-bond donors (Lipinski definition) is 1. The SMILES string of the molecule is COc1cccc(C2/C(=C(\O)c3ccc(Cl)cc3)C(=O)C(=O)N2Cc2ccc3c(c2)OCO3)c1. The van der Waals surface area contributed by atoms with E-state index in [1.807, 2.05) is 6.07 Å². The zero-order valence-corrected chi connectivity index (χ0v) is 18.9. The molecule has 2 heterocycles. The molecule has 8 heteroatoms. The molecule has 0 aromatic heterocycles. The maximum Gasteiger partial charge on any atom is 0.295 e. The number of nitrogens with zero attached hydrogens (tertiary/aromatic N) is 1. The summed E-state index contributed by atoms with van der Waals surface area (Å²) < 4.78 is 16.2. The molecule has 1 unspecified atom stereocenters. The Kier molecular flexibility index (Phi) is 5.63. The van der Waals surface area contributed by atoms with Crippen molar-refractivity contribution in [3.63, 3.8) is 0 Å². The van der Waals surface area contributed by atoms with E-state index in [4.69, 9.17) is 25.8 Å². The molecule has 34 heavy (non-hydrogen) atoms. The van der Waals surface area contributed by atoms with Crippen LogP contribution in [0.4, 0.5) is 0 Å². The van der Waals surface area contributed by atoms with Crippen molar-refractivity contribution in [3.8, 4) is 17.2 Å². The van der Waals surface area contributed by atoms with Gasteiger partial charge in [0.2, 0.25) is 6.79 Å².